The molecule has 4 rings (SSSR count). The highest BCUT2D eigenvalue weighted by atomic mass is 16.4. The molecule has 144 valence electrons. The fourth-order valence-electron chi connectivity index (χ4n) is 3.37. The van der Waals surface area contributed by atoms with E-state index in [1.165, 1.54) is 24.3 Å². The molecular formula is C26H16O4. The molecule has 0 radical (unpaired) electrons. The van der Waals surface area contributed by atoms with Crippen molar-refractivity contribution in [1.29, 1.82) is 0 Å². The van der Waals surface area contributed by atoms with Gasteiger partial charge in [0.25, 0.3) is 0 Å². The molecule has 4 aromatic carbocycles. The molecule has 30 heavy (non-hydrogen) atoms. The number of fused-ring (bicyclic) bond motifs is 1. The Morgan fingerprint density at radius 3 is 2.07 bits per heavy atom. The Kier molecular flexibility index (Phi) is 5.02. The molecule has 0 bridgehead atoms. The Balaban J connectivity index is 1.89. The van der Waals surface area contributed by atoms with Gasteiger partial charge in [-0.3, -0.25) is 0 Å². The SMILES string of the molecule is O=C(O)c1ccc2c(C(=O)O)ccc(C#Cc3ccccc3-c3ccccc3)c2c1. The van der Waals surface area contributed by atoms with Crippen LogP contribution in [0.5, 0.6) is 0 Å². The Bertz CT molecular complexity index is 1340. The molecule has 2 N–H and O–H groups in total. The van der Waals surface area contributed by atoms with Crippen molar-refractivity contribution in [2.45, 2.75) is 0 Å². The van der Waals surface area contributed by atoms with Crippen LogP contribution in [-0.4, -0.2) is 22.2 Å². The van der Waals surface area contributed by atoms with Crippen LogP contribution in [0.1, 0.15) is 31.8 Å². The predicted molar refractivity (Wildman–Crippen MR) is 116 cm³/mol. The minimum Gasteiger partial charge on any atom is -0.478 e. The minimum atomic E-state index is -1.08. The van der Waals surface area contributed by atoms with Crippen LogP contribution < -0.4 is 0 Å². The third-order valence-corrected chi connectivity index (χ3v) is 4.84. The standard InChI is InChI=1S/C26H16O4/c27-25(28)20-13-14-22-23(26(29)30)15-12-19(24(22)16-20)11-10-18-8-4-5-9-21(18)17-6-2-1-3-7-17/h1-9,12-16H,(H,27,28)(H,29,30). The number of aromatic carboxylic acids is 2. The van der Waals surface area contributed by atoms with Crippen molar-refractivity contribution in [2.75, 3.05) is 0 Å². The highest BCUT2D eigenvalue weighted by Crippen LogP contribution is 2.26. The number of benzene rings is 4. The molecule has 4 heteroatoms. The van der Waals surface area contributed by atoms with Crippen LogP contribution >= 0.6 is 0 Å². The maximum atomic E-state index is 11.6. The zero-order valence-corrected chi connectivity index (χ0v) is 15.8. The quantitative estimate of drug-likeness (QED) is 0.464. The molecule has 0 aromatic heterocycles. The summed E-state index contributed by atoms with van der Waals surface area (Å²) in [4.78, 5) is 23.0. The molecule has 0 amide bonds. The monoisotopic (exact) mass is 392 g/mol. The van der Waals surface area contributed by atoms with Gasteiger partial charge < -0.3 is 10.2 Å². The fraction of sp³-hybridized carbons (Fsp3) is 0. The van der Waals surface area contributed by atoms with Gasteiger partial charge in [0.1, 0.15) is 0 Å². The van der Waals surface area contributed by atoms with Crippen molar-refractivity contribution in [3.05, 3.63) is 107 Å². The molecule has 4 nitrogen and oxygen atoms in total. The maximum Gasteiger partial charge on any atom is 0.336 e. The maximum absolute atomic E-state index is 11.6. The Morgan fingerprint density at radius 2 is 1.33 bits per heavy atom. The molecule has 0 saturated heterocycles. The highest BCUT2D eigenvalue weighted by Gasteiger charge is 2.13. The van der Waals surface area contributed by atoms with Crippen molar-refractivity contribution in [2.24, 2.45) is 0 Å². The second-order valence-corrected chi connectivity index (χ2v) is 6.69. The molecule has 0 spiro atoms. The summed E-state index contributed by atoms with van der Waals surface area (Å²) >= 11 is 0. The van der Waals surface area contributed by atoms with Gasteiger partial charge in [0.05, 0.1) is 11.1 Å². The Morgan fingerprint density at radius 1 is 0.633 bits per heavy atom. The summed E-state index contributed by atoms with van der Waals surface area (Å²) in [5.74, 6) is 4.13. The van der Waals surface area contributed by atoms with E-state index in [4.69, 9.17) is 0 Å². The molecule has 0 heterocycles. The third-order valence-electron chi connectivity index (χ3n) is 4.84. The van der Waals surface area contributed by atoms with Crippen LogP contribution in [0.4, 0.5) is 0 Å². The molecule has 0 aliphatic heterocycles. The lowest BCUT2D eigenvalue weighted by atomic mass is 9.96. The van der Waals surface area contributed by atoms with Gasteiger partial charge in [0, 0.05) is 11.1 Å². The number of hydrogen-bond acceptors (Lipinski definition) is 2. The van der Waals surface area contributed by atoms with E-state index >= 15 is 0 Å². The van der Waals surface area contributed by atoms with Gasteiger partial charge in [-0.1, -0.05) is 66.4 Å². The first-order valence-electron chi connectivity index (χ1n) is 9.24. The number of hydrogen-bond donors (Lipinski definition) is 2. The van der Waals surface area contributed by atoms with E-state index in [-0.39, 0.29) is 11.1 Å². The van der Waals surface area contributed by atoms with E-state index in [2.05, 4.69) is 11.8 Å². The first-order valence-corrected chi connectivity index (χ1v) is 9.24. The van der Waals surface area contributed by atoms with Crippen molar-refractivity contribution < 1.29 is 19.8 Å². The lowest BCUT2D eigenvalue weighted by Gasteiger charge is -2.07. The number of carboxylic acid groups (broad SMARTS) is 2. The molecule has 0 atom stereocenters. The summed E-state index contributed by atoms with van der Waals surface area (Å²) in [7, 11) is 0. The van der Waals surface area contributed by atoms with E-state index in [0.717, 1.165) is 16.7 Å². The summed E-state index contributed by atoms with van der Waals surface area (Å²) in [5.41, 5.74) is 3.62. The van der Waals surface area contributed by atoms with E-state index in [0.29, 0.717) is 16.3 Å². The number of carbonyl (C=O) groups is 2. The largest absolute Gasteiger partial charge is 0.478 e. The summed E-state index contributed by atoms with van der Waals surface area (Å²) in [5, 5.41) is 19.8. The Labute approximate surface area is 173 Å². The van der Waals surface area contributed by atoms with Crippen LogP contribution in [0.2, 0.25) is 0 Å². The number of rotatable bonds is 3. The molecule has 0 saturated carbocycles. The van der Waals surface area contributed by atoms with Crippen LogP contribution in [0.15, 0.2) is 84.9 Å². The lowest BCUT2D eigenvalue weighted by molar-refractivity contribution is 0.0688. The Hall–Kier alpha value is -4.36. The average molecular weight is 392 g/mol. The topological polar surface area (TPSA) is 74.6 Å². The summed E-state index contributed by atoms with van der Waals surface area (Å²) in [6.45, 7) is 0. The minimum absolute atomic E-state index is 0.0813. The van der Waals surface area contributed by atoms with Crippen molar-refractivity contribution in [3.8, 4) is 23.0 Å². The second-order valence-electron chi connectivity index (χ2n) is 6.69. The third kappa shape index (κ3) is 3.65. The first-order chi connectivity index (χ1) is 14.5. The summed E-state index contributed by atoms with van der Waals surface area (Å²) in [6, 6.07) is 25.2. The van der Waals surface area contributed by atoms with Crippen LogP contribution in [0.25, 0.3) is 21.9 Å². The van der Waals surface area contributed by atoms with Gasteiger partial charge in [-0.2, -0.15) is 0 Å². The van der Waals surface area contributed by atoms with Gasteiger partial charge in [-0.25, -0.2) is 9.59 Å². The smallest absolute Gasteiger partial charge is 0.336 e. The van der Waals surface area contributed by atoms with Crippen molar-refractivity contribution in [3.63, 3.8) is 0 Å². The van der Waals surface area contributed by atoms with Gasteiger partial charge in [-0.05, 0) is 52.2 Å². The van der Waals surface area contributed by atoms with Crippen molar-refractivity contribution >= 4 is 22.7 Å². The van der Waals surface area contributed by atoms with Gasteiger partial charge in [0.15, 0.2) is 0 Å². The van der Waals surface area contributed by atoms with Gasteiger partial charge in [0.2, 0.25) is 0 Å². The van der Waals surface area contributed by atoms with Crippen LogP contribution in [-0.2, 0) is 0 Å². The second kappa shape index (κ2) is 7.94. The van der Waals surface area contributed by atoms with E-state index in [9.17, 15) is 19.8 Å². The molecular weight excluding hydrogens is 376 g/mol. The van der Waals surface area contributed by atoms with Crippen molar-refractivity contribution in [1.82, 2.24) is 0 Å². The molecule has 0 aliphatic rings. The molecule has 0 unspecified atom stereocenters. The predicted octanol–water partition coefficient (Wildman–Crippen LogP) is 5.30. The van der Waals surface area contributed by atoms with Crippen LogP contribution in [0, 0.1) is 11.8 Å². The molecule has 0 aliphatic carbocycles. The fourth-order valence-corrected chi connectivity index (χ4v) is 3.37. The van der Waals surface area contributed by atoms with Crippen LogP contribution in [0.3, 0.4) is 0 Å². The van der Waals surface area contributed by atoms with E-state index in [1.54, 1.807) is 6.07 Å². The number of carboxylic acids is 2. The average Bonchev–Trinajstić information content (AvgIpc) is 2.77. The zero-order chi connectivity index (χ0) is 21.1. The molecule has 4 aromatic rings. The van der Waals surface area contributed by atoms with Gasteiger partial charge >= 0.3 is 11.9 Å². The normalized spacial score (nSPS) is 10.3. The highest BCUT2D eigenvalue weighted by molar-refractivity contribution is 6.07. The summed E-state index contributed by atoms with van der Waals surface area (Å²) < 4.78 is 0. The van der Waals surface area contributed by atoms with Gasteiger partial charge in [-0.15, -0.1) is 0 Å². The lowest BCUT2D eigenvalue weighted by Crippen LogP contribution is -2.01. The first kappa shape index (κ1) is 19.0. The summed E-state index contributed by atoms with van der Waals surface area (Å²) in [6.07, 6.45) is 0. The zero-order valence-electron chi connectivity index (χ0n) is 15.8. The van der Waals surface area contributed by atoms with E-state index in [1.807, 2.05) is 54.6 Å². The van der Waals surface area contributed by atoms with E-state index < -0.39 is 11.9 Å². The molecule has 0 fully saturated rings.